The summed E-state index contributed by atoms with van der Waals surface area (Å²) in [4.78, 5) is 9.08. The van der Waals surface area contributed by atoms with Crippen molar-refractivity contribution in [1.29, 1.82) is 0 Å². The summed E-state index contributed by atoms with van der Waals surface area (Å²) in [6.07, 6.45) is -0.408. The molecule has 1 N–H and O–H groups in total. The van der Waals surface area contributed by atoms with Crippen LogP contribution < -0.4 is 0 Å². The quantitative estimate of drug-likeness (QED) is 0.838. The summed E-state index contributed by atoms with van der Waals surface area (Å²) < 4.78 is 0. The lowest BCUT2D eigenvalue weighted by atomic mass is 10.00. The van der Waals surface area contributed by atoms with Crippen LogP contribution in [-0.4, -0.2) is 21.2 Å². The van der Waals surface area contributed by atoms with Gasteiger partial charge in [-0.2, -0.15) is 0 Å². The van der Waals surface area contributed by atoms with Crippen molar-refractivity contribution in [1.82, 2.24) is 9.97 Å². The van der Waals surface area contributed by atoms with Crippen molar-refractivity contribution in [2.24, 2.45) is 0 Å². The highest BCUT2D eigenvalue weighted by atomic mass is 16.3. The molecule has 3 heteroatoms. The van der Waals surface area contributed by atoms with Crippen LogP contribution >= 0.6 is 0 Å². The van der Waals surface area contributed by atoms with Crippen LogP contribution in [0.3, 0.4) is 0 Å². The van der Waals surface area contributed by atoms with Crippen LogP contribution in [-0.2, 0) is 0 Å². The van der Waals surface area contributed by atoms with Crippen LogP contribution in [0.2, 0.25) is 0 Å². The average molecular weight is 216 g/mol. The van der Waals surface area contributed by atoms with Crippen LogP contribution in [0.25, 0.3) is 11.0 Å². The number of benzene rings is 1. The molecular formula is C13H16N2O. The minimum absolute atomic E-state index is 0.0112. The lowest BCUT2D eigenvalue weighted by Crippen LogP contribution is -2.14. The van der Waals surface area contributed by atoms with E-state index in [4.69, 9.17) is 0 Å². The third-order valence-electron chi connectivity index (χ3n) is 2.94. The number of aliphatic hydroxyl groups is 1. The Bertz CT molecular complexity index is 508. The molecule has 0 radical (unpaired) electrons. The van der Waals surface area contributed by atoms with Crippen LogP contribution in [0.5, 0.6) is 0 Å². The molecule has 16 heavy (non-hydrogen) atoms. The highest BCUT2D eigenvalue weighted by Gasteiger charge is 2.16. The standard InChI is InChI=1S/C13H16N2O/c1-8(10(3)16)13-9(2)14-11-6-4-5-7-12(11)15-13/h4-8,10,16H,1-3H3. The maximum Gasteiger partial charge on any atom is 0.0890 e. The first-order valence-electron chi connectivity index (χ1n) is 5.51. The Morgan fingerprint density at radius 3 is 2.19 bits per heavy atom. The fourth-order valence-corrected chi connectivity index (χ4v) is 1.76. The van der Waals surface area contributed by atoms with Gasteiger partial charge in [0.15, 0.2) is 0 Å². The predicted octanol–water partition coefficient (Wildman–Crippen LogP) is 2.42. The largest absolute Gasteiger partial charge is 0.393 e. The molecule has 0 bridgehead atoms. The highest BCUT2D eigenvalue weighted by molar-refractivity contribution is 5.74. The zero-order valence-electron chi connectivity index (χ0n) is 9.81. The Balaban J connectivity index is 2.58. The van der Waals surface area contributed by atoms with E-state index in [0.29, 0.717) is 0 Å². The zero-order valence-corrected chi connectivity index (χ0v) is 9.81. The number of para-hydroxylation sites is 2. The first kappa shape index (κ1) is 11.0. The van der Waals surface area contributed by atoms with E-state index in [1.807, 2.05) is 38.1 Å². The Morgan fingerprint density at radius 1 is 1.06 bits per heavy atom. The molecule has 2 rings (SSSR count). The van der Waals surface area contributed by atoms with Gasteiger partial charge in [-0.15, -0.1) is 0 Å². The maximum atomic E-state index is 9.60. The van der Waals surface area contributed by atoms with Gasteiger partial charge in [0, 0.05) is 5.92 Å². The summed E-state index contributed by atoms with van der Waals surface area (Å²) >= 11 is 0. The summed E-state index contributed by atoms with van der Waals surface area (Å²) in [5.74, 6) is 0.0112. The van der Waals surface area contributed by atoms with E-state index < -0.39 is 6.10 Å². The lowest BCUT2D eigenvalue weighted by Gasteiger charge is -2.16. The van der Waals surface area contributed by atoms with E-state index in [1.54, 1.807) is 6.92 Å². The van der Waals surface area contributed by atoms with Crippen molar-refractivity contribution in [3.8, 4) is 0 Å². The smallest absolute Gasteiger partial charge is 0.0890 e. The predicted molar refractivity (Wildman–Crippen MR) is 64.4 cm³/mol. The SMILES string of the molecule is Cc1nc2ccccc2nc1C(C)C(C)O. The second-order valence-corrected chi connectivity index (χ2v) is 4.21. The minimum atomic E-state index is -0.408. The van der Waals surface area contributed by atoms with Gasteiger partial charge in [0.2, 0.25) is 0 Å². The molecule has 84 valence electrons. The topological polar surface area (TPSA) is 46.0 Å². The van der Waals surface area contributed by atoms with Crippen molar-refractivity contribution in [2.45, 2.75) is 32.8 Å². The summed E-state index contributed by atoms with van der Waals surface area (Å²) in [6.45, 7) is 5.69. The molecular weight excluding hydrogens is 200 g/mol. The number of aliphatic hydroxyl groups excluding tert-OH is 1. The average Bonchev–Trinajstić information content (AvgIpc) is 2.27. The van der Waals surface area contributed by atoms with Crippen molar-refractivity contribution >= 4 is 11.0 Å². The van der Waals surface area contributed by atoms with E-state index in [9.17, 15) is 5.11 Å². The third kappa shape index (κ3) is 1.91. The Morgan fingerprint density at radius 2 is 1.62 bits per heavy atom. The number of fused-ring (bicyclic) bond motifs is 1. The first-order valence-corrected chi connectivity index (χ1v) is 5.51. The number of hydrogen-bond acceptors (Lipinski definition) is 3. The molecule has 2 atom stereocenters. The molecule has 1 aromatic heterocycles. The van der Waals surface area contributed by atoms with Gasteiger partial charge in [-0.05, 0) is 26.0 Å². The van der Waals surface area contributed by atoms with E-state index in [1.165, 1.54) is 0 Å². The molecule has 2 unspecified atom stereocenters. The van der Waals surface area contributed by atoms with Crippen molar-refractivity contribution in [2.75, 3.05) is 0 Å². The third-order valence-corrected chi connectivity index (χ3v) is 2.94. The normalized spacial score (nSPS) is 15.0. The maximum absolute atomic E-state index is 9.60. The molecule has 0 fully saturated rings. The first-order chi connectivity index (χ1) is 7.59. The van der Waals surface area contributed by atoms with Gasteiger partial charge >= 0.3 is 0 Å². The minimum Gasteiger partial charge on any atom is -0.393 e. The number of aryl methyl sites for hydroxylation is 1. The number of aromatic nitrogens is 2. The molecule has 0 spiro atoms. The Kier molecular flexibility index (Phi) is 2.88. The second kappa shape index (κ2) is 4.18. The van der Waals surface area contributed by atoms with Crippen molar-refractivity contribution < 1.29 is 5.11 Å². The van der Waals surface area contributed by atoms with Gasteiger partial charge in [-0.25, -0.2) is 9.97 Å². The van der Waals surface area contributed by atoms with Gasteiger partial charge < -0.3 is 5.11 Å². The monoisotopic (exact) mass is 216 g/mol. The van der Waals surface area contributed by atoms with Gasteiger partial charge in [-0.1, -0.05) is 19.1 Å². The molecule has 0 saturated carbocycles. The molecule has 0 amide bonds. The number of hydrogen-bond donors (Lipinski definition) is 1. The van der Waals surface area contributed by atoms with Crippen molar-refractivity contribution in [3.63, 3.8) is 0 Å². The summed E-state index contributed by atoms with van der Waals surface area (Å²) in [7, 11) is 0. The lowest BCUT2D eigenvalue weighted by molar-refractivity contribution is 0.167. The van der Waals surface area contributed by atoms with E-state index in [-0.39, 0.29) is 5.92 Å². The molecule has 0 aliphatic carbocycles. The Labute approximate surface area is 95.2 Å². The van der Waals surface area contributed by atoms with E-state index in [2.05, 4.69) is 9.97 Å². The van der Waals surface area contributed by atoms with E-state index in [0.717, 1.165) is 22.4 Å². The molecule has 2 aromatic rings. The Hall–Kier alpha value is -1.48. The van der Waals surface area contributed by atoms with Crippen molar-refractivity contribution in [3.05, 3.63) is 35.7 Å². The van der Waals surface area contributed by atoms with Crippen LogP contribution in [0.1, 0.15) is 31.2 Å². The molecule has 0 saturated heterocycles. The van der Waals surface area contributed by atoms with Crippen LogP contribution in [0, 0.1) is 6.92 Å². The van der Waals surface area contributed by atoms with Crippen LogP contribution in [0.4, 0.5) is 0 Å². The molecule has 3 nitrogen and oxygen atoms in total. The summed E-state index contributed by atoms with van der Waals surface area (Å²) in [5, 5.41) is 9.60. The molecule has 0 aliphatic rings. The summed E-state index contributed by atoms with van der Waals surface area (Å²) in [6, 6.07) is 7.80. The van der Waals surface area contributed by atoms with Gasteiger partial charge in [0.25, 0.3) is 0 Å². The second-order valence-electron chi connectivity index (χ2n) is 4.21. The van der Waals surface area contributed by atoms with Gasteiger partial charge in [0.05, 0.1) is 28.5 Å². The number of rotatable bonds is 2. The van der Waals surface area contributed by atoms with E-state index >= 15 is 0 Å². The fourth-order valence-electron chi connectivity index (χ4n) is 1.76. The zero-order chi connectivity index (χ0) is 11.7. The molecule has 1 aromatic carbocycles. The fraction of sp³-hybridized carbons (Fsp3) is 0.385. The van der Waals surface area contributed by atoms with Crippen LogP contribution in [0.15, 0.2) is 24.3 Å². The molecule has 1 heterocycles. The summed E-state index contributed by atoms with van der Waals surface area (Å²) in [5.41, 5.74) is 3.57. The van der Waals surface area contributed by atoms with Gasteiger partial charge in [-0.3, -0.25) is 0 Å². The number of nitrogens with zero attached hydrogens (tertiary/aromatic N) is 2. The van der Waals surface area contributed by atoms with Gasteiger partial charge in [0.1, 0.15) is 0 Å². The highest BCUT2D eigenvalue weighted by Crippen LogP contribution is 2.22. The molecule has 0 aliphatic heterocycles.